The first kappa shape index (κ1) is 12.5. The minimum atomic E-state index is -0.884. The van der Waals surface area contributed by atoms with E-state index < -0.39 is 17.7 Å². The number of aliphatic hydroxyl groups excluding tert-OH is 1. The van der Waals surface area contributed by atoms with Crippen molar-refractivity contribution in [1.29, 1.82) is 0 Å². The van der Waals surface area contributed by atoms with Gasteiger partial charge in [0.2, 0.25) is 0 Å². The van der Waals surface area contributed by atoms with Gasteiger partial charge in [-0.1, -0.05) is 25.8 Å². The lowest BCUT2D eigenvalue weighted by atomic mass is 9.78. The van der Waals surface area contributed by atoms with Crippen molar-refractivity contribution in [2.24, 2.45) is 11.8 Å². The SMILES string of the molecule is CC1CCCC(C(O)c2ccc(F)c(F)c2)C1. The van der Waals surface area contributed by atoms with Crippen LogP contribution in [0.15, 0.2) is 18.2 Å². The van der Waals surface area contributed by atoms with Crippen molar-refractivity contribution in [2.45, 2.75) is 38.7 Å². The summed E-state index contributed by atoms with van der Waals surface area (Å²) in [4.78, 5) is 0. The average molecular weight is 240 g/mol. The second-order valence-corrected chi connectivity index (χ2v) is 5.15. The fraction of sp³-hybridized carbons (Fsp3) is 0.571. The lowest BCUT2D eigenvalue weighted by Gasteiger charge is -2.30. The van der Waals surface area contributed by atoms with E-state index in [0.29, 0.717) is 11.5 Å². The summed E-state index contributed by atoms with van der Waals surface area (Å²) in [5, 5.41) is 10.2. The molecule has 0 spiro atoms. The van der Waals surface area contributed by atoms with Gasteiger partial charge in [0.05, 0.1) is 6.10 Å². The second kappa shape index (κ2) is 5.13. The number of hydrogen-bond donors (Lipinski definition) is 1. The predicted octanol–water partition coefficient (Wildman–Crippen LogP) is 3.82. The van der Waals surface area contributed by atoms with Crippen LogP contribution in [0, 0.1) is 23.5 Å². The van der Waals surface area contributed by atoms with Gasteiger partial charge in [0.15, 0.2) is 11.6 Å². The summed E-state index contributed by atoms with van der Waals surface area (Å²) >= 11 is 0. The van der Waals surface area contributed by atoms with E-state index in [-0.39, 0.29) is 5.92 Å². The van der Waals surface area contributed by atoms with Crippen LogP contribution in [0.3, 0.4) is 0 Å². The third-order valence-electron chi connectivity index (χ3n) is 3.71. The highest BCUT2D eigenvalue weighted by Crippen LogP contribution is 2.37. The van der Waals surface area contributed by atoms with E-state index in [1.165, 1.54) is 12.5 Å². The molecule has 0 aromatic heterocycles. The average Bonchev–Trinajstić information content (AvgIpc) is 2.32. The fourth-order valence-corrected chi connectivity index (χ4v) is 2.74. The predicted molar refractivity (Wildman–Crippen MR) is 62.4 cm³/mol. The van der Waals surface area contributed by atoms with Gasteiger partial charge >= 0.3 is 0 Å². The number of hydrogen-bond acceptors (Lipinski definition) is 1. The van der Waals surface area contributed by atoms with E-state index >= 15 is 0 Å². The Balaban J connectivity index is 2.12. The van der Waals surface area contributed by atoms with Crippen LogP contribution in [-0.2, 0) is 0 Å². The number of benzene rings is 1. The Bertz CT molecular complexity index is 392. The summed E-state index contributed by atoms with van der Waals surface area (Å²) in [6.45, 7) is 2.17. The molecule has 94 valence electrons. The summed E-state index contributed by atoms with van der Waals surface area (Å²) in [5.41, 5.74) is 0.489. The van der Waals surface area contributed by atoms with Crippen LogP contribution in [0.25, 0.3) is 0 Å². The molecule has 1 aromatic rings. The van der Waals surface area contributed by atoms with Crippen molar-refractivity contribution >= 4 is 0 Å². The van der Waals surface area contributed by atoms with E-state index in [4.69, 9.17) is 0 Å². The van der Waals surface area contributed by atoms with Gasteiger partial charge in [-0.2, -0.15) is 0 Å². The van der Waals surface area contributed by atoms with Gasteiger partial charge < -0.3 is 5.11 Å². The van der Waals surface area contributed by atoms with E-state index in [0.717, 1.165) is 31.4 Å². The Morgan fingerprint density at radius 1 is 1.24 bits per heavy atom. The Hall–Kier alpha value is -0.960. The first-order valence-electron chi connectivity index (χ1n) is 6.21. The molecule has 0 saturated heterocycles. The highest BCUT2D eigenvalue weighted by molar-refractivity contribution is 5.20. The van der Waals surface area contributed by atoms with E-state index in [1.54, 1.807) is 0 Å². The molecule has 0 aliphatic heterocycles. The van der Waals surface area contributed by atoms with Crippen LogP contribution in [0.4, 0.5) is 8.78 Å². The van der Waals surface area contributed by atoms with Crippen molar-refractivity contribution in [1.82, 2.24) is 0 Å². The Morgan fingerprint density at radius 2 is 2.00 bits per heavy atom. The summed E-state index contributed by atoms with van der Waals surface area (Å²) < 4.78 is 25.9. The molecular formula is C14H18F2O. The maximum atomic E-state index is 13.1. The van der Waals surface area contributed by atoms with Gasteiger partial charge in [-0.25, -0.2) is 8.78 Å². The maximum Gasteiger partial charge on any atom is 0.159 e. The highest BCUT2D eigenvalue weighted by atomic mass is 19.2. The highest BCUT2D eigenvalue weighted by Gasteiger charge is 2.26. The standard InChI is InChI=1S/C14H18F2O/c1-9-3-2-4-10(7-9)14(17)11-5-6-12(15)13(16)8-11/h5-6,8-10,14,17H,2-4,7H2,1H3. The quantitative estimate of drug-likeness (QED) is 0.833. The number of rotatable bonds is 2. The second-order valence-electron chi connectivity index (χ2n) is 5.15. The van der Waals surface area contributed by atoms with Gasteiger partial charge in [0.1, 0.15) is 0 Å². The molecule has 0 bridgehead atoms. The van der Waals surface area contributed by atoms with E-state index in [1.807, 2.05) is 0 Å². The first-order valence-corrected chi connectivity index (χ1v) is 6.21. The minimum absolute atomic E-state index is 0.170. The van der Waals surface area contributed by atoms with Crippen molar-refractivity contribution in [2.75, 3.05) is 0 Å². The molecule has 3 unspecified atom stereocenters. The summed E-state index contributed by atoms with van der Waals surface area (Å²) in [6, 6.07) is 3.67. The van der Waals surface area contributed by atoms with E-state index in [9.17, 15) is 13.9 Å². The van der Waals surface area contributed by atoms with Crippen molar-refractivity contribution < 1.29 is 13.9 Å². The van der Waals surface area contributed by atoms with Crippen LogP contribution < -0.4 is 0 Å². The Labute approximate surface area is 100 Å². The molecular weight excluding hydrogens is 222 g/mol. The Kier molecular flexibility index (Phi) is 3.77. The van der Waals surface area contributed by atoms with Gasteiger partial charge in [0.25, 0.3) is 0 Å². The molecule has 17 heavy (non-hydrogen) atoms. The largest absolute Gasteiger partial charge is 0.388 e. The van der Waals surface area contributed by atoms with Gasteiger partial charge in [-0.15, -0.1) is 0 Å². The molecule has 3 heteroatoms. The minimum Gasteiger partial charge on any atom is -0.388 e. The summed E-state index contributed by atoms with van der Waals surface area (Å²) in [7, 11) is 0. The summed E-state index contributed by atoms with van der Waals surface area (Å²) in [6.07, 6.45) is 3.55. The van der Waals surface area contributed by atoms with Gasteiger partial charge in [0, 0.05) is 0 Å². The molecule has 1 saturated carbocycles. The molecule has 1 fully saturated rings. The number of halogens is 2. The number of aliphatic hydroxyl groups is 1. The summed E-state index contributed by atoms with van der Waals surface area (Å²) in [5.74, 6) is -0.972. The van der Waals surface area contributed by atoms with Crippen molar-refractivity contribution in [3.63, 3.8) is 0 Å². The zero-order valence-corrected chi connectivity index (χ0v) is 10.00. The fourth-order valence-electron chi connectivity index (χ4n) is 2.74. The molecule has 0 radical (unpaired) electrons. The molecule has 3 atom stereocenters. The normalized spacial score (nSPS) is 26.8. The van der Waals surface area contributed by atoms with Crippen molar-refractivity contribution in [3.8, 4) is 0 Å². The van der Waals surface area contributed by atoms with Crippen LogP contribution in [0.2, 0.25) is 0 Å². The lowest BCUT2D eigenvalue weighted by Crippen LogP contribution is -2.20. The first-order chi connectivity index (χ1) is 8.08. The lowest BCUT2D eigenvalue weighted by molar-refractivity contribution is 0.0711. The zero-order chi connectivity index (χ0) is 12.4. The zero-order valence-electron chi connectivity index (χ0n) is 10.00. The van der Waals surface area contributed by atoms with Crippen LogP contribution in [0.5, 0.6) is 0 Å². The molecule has 1 aromatic carbocycles. The molecule has 1 aliphatic carbocycles. The Morgan fingerprint density at radius 3 is 2.65 bits per heavy atom. The molecule has 2 rings (SSSR count). The topological polar surface area (TPSA) is 20.2 Å². The molecule has 1 N–H and O–H groups in total. The third-order valence-corrected chi connectivity index (χ3v) is 3.71. The van der Waals surface area contributed by atoms with Gasteiger partial charge in [-0.3, -0.25) is 0 Å². The smallest absolute Gasteiger partial charge is 0.159 e. The molecule has 0 heterocycles. The molecule has 1 nitrogen and oxygen atoms in total. The van der Waals surface area contributed by atoms with Crippen LogP contribution in [-0.4, -0.2) is 5.11 Å². The maximum absolute atomic E-state index is 13.1. The third kappa shape index (κ3) is 2.83. The van der Waals surface area contributed by atoms with Crippen molar-refractivity contribution in [3.05, 3.63) is 35.4 Å². The van der Waals surface area contributed by atoms with Crippen LogP contribution >= 0.6 is 0 Å². The van der Waals surface area contributed by atoms with E-state index in [2.05, 4.69) is 6.92 Å². The van der Waals surface area contributed by atoms with Gasteiger partial charge in [-0.05, 0) is 42.4 Å². The monoisotopic (exact) mass is 240 g/mol. The van der Waals surface area contributed by atoms with Crippen LogP contribution in [0.1, 0.15) is 44.3 Å². The molecule has 1 aliphatic rings. The molecule has 0 amide bonds.